The minimum Gasteiger partial charge on any atom is -0.480 e. The van der Waals surface area contributed by atoms with Gasteiger partial charge < -0.3 is 15.2 Å². The van der Waals surface area contributed by atoms with Crippen LogP contribution >= 0.6 is 0 Å². The molecule has 1 rings (SSSR count). The van der Waals surface area contributed by atoms with Crippen molar-refractivity contribution in [1.82, 2.24) is 5.32 Å². The van der Waals surface area contributed by atoms with Crippen molar-refractivity contribution in [2.24, 2.45) is 11.3 Å². The van der Waals surface area contributed by atoms with Crippen LogP contribution in [-0.2, 0) is 19.1 Å². The Kier molecular flexibility index (Phi) is 10.1. The number of ketones is 2. The van der Waals surface area contributed by atoms with Crippen LogP contribution < -0.4 is 5.32 Å². The number of nitrogens with one attached hydrogen (secondary N) is 1. The van der Waals surface area contributed by atoms with Gasteiger partial charge in [-0.15, -0.1) is 0 Å². The van der Waals surface area contributed by atoms with Gasteiger partial charge in [-0.1, -0.05) is 46.1 Å². The number of alkyl carbamates (subject to hydrolysis) is 1. The molecule has 32 heavy (non-hydrogen) atoms. The summed E-state index contributed by atoms with van der Waals surface area (Å²) >= 11 is 0. The average Bonchev–Trinajstić information content (AvgIpc) is 2.56. The first-order chi connectivity index (χ1) is 14.6. The Morgan fingerprint density at radius 3 is 2.09 bits per heavy atom. The van der Waals surface area contributed by atoms with Crippen LogP contribution in [0.25, 0.3) is 0 Å². The number of unbranched alkanes of at least 4 members (excludes halogenated alkanes) is 2. The molecule has 0 saturated heterocycles. The first kappa shape index (κ1) is 27.9. The molecule has 7 heteroatoms. The van der Waals surface area contributed by atoms with E-state index in [0.717, 1.165) is 18.4 Å². The highest BCUT2D eigenvalue weighted by atomic mass is 16.6. The standard InChI is InChI=1S/C25H41NO6/c1-16(2)13-17(21-19(27)14-25(6,7)15-20(21)28)11-9-8-10-12-18(22(29)30)26-23(31)32-24(3,4)5/h16,18H,8-15H2,1-7H3,(H,26,31)(H,29,30)/t18-/m0/s1. The number of aliphatic carboxylic acids is 1. The number of allylic oxidation sites excluding steroid dienone is 2. The zero-order valence-corrected chi connectivity index (χ0v) is 20.8. The van der Waals surface area contributed by atoms with E-state index in [-0.39, 0.29) is 23.4 Å². The molecular weight excluding hydrogens is 410 g/mol. The molecule has 1 saturated carbocycles. The molecular formula is C25H41NO6. The summed E-state index contributed by atoms with van der Waals surface area (Å²) in [5, 5.41) is 11.8. The highest BCUT2D eigenvalue weighted by Gasteiger charge is 2.37. The molecule has 0 spiro atoms. The van der Waals surface area contributed by atoms with Crippen molar-refractivity contribution in [3.05, 3.63) is 11.1 Å². The molecule has 7 nitrogen and oxygen atoms in total. The second-order valence-electron chi connectivity index (χ2n) is 11.1. The van der Waals surface area contributed by atoms with Crippen LogP contribution in [0.4, 0.5) is 4.79 Å². The maximum Gasteiger partial charge on any atom is 0.408 e. The number of carbonyl (C=O) groups excluding carboxylic acids is 3. The van der Waals surface area contributed by atoms with Crippen molar-refractivity contribution in [3.8, 4) is 0 Å². The number of Topliss-reactive ketones (excluding diaryl/α,β-unsaturated/α-hetero) is 2. The number of carbonyl (C=O) groups is 4. The van der Waals surface area contributed by atoms with E-state index < -0.39 is 23.7 Å². The maximum atomic E-state index is 12.7. The van der Waals surface area contributed by atoms with Crippen LogP contribution in [0.5, 0.6) is 0 Å². The summed E-state index contributed by atoms with van der Waals surface area (Å²) in [6.45, 7) is 13.2. The number of hydrogen-bond acceptors (Lipinski definition) is 5. The molecule has 0 aromatic carbocycles. The van der Waals surface area contributed by atoms with Crippen molar-refractivity contribution in [2.75, 3.05) is 0 Å². The largest absolute Gasteiger partial charge is 0.480 e. The van der Waals surface area contributed by atoms with Gasteiger partial charge in [-0.25, -0.2) is 9.59 Å². The molecule has 0 aliphatic heterocycles. The van der Waals surface area contributed by atoms with E-state index in [1.54, 1.807) is 20.8 Å². The lowest BCUT2D eigenvalue weighted by molar-refractivity contribution is -0.139. The molecule has 1 fully saturated rings. The number of rotatable bonds is 10. The third-order valence-electron chi connectivity index (χ3n) is 5.30. The molecule has 0 aromatic heterocycles. The summed E-state index contributed by atoms with van der Waals surface area (Å²) in [5.74, 6) is -0.856. The highest BCUT2D eigenvalue weighted by molar-refractivity contribution is 6.22. The average molecular weight is 452 g/mol. The predicted octanol–water partition coefficient (Wildman–Crippen LogP) is 5.22. The fourth-order valence-corrected chi connectivity index (χ4v) is 4.05. The van der Waals surface area contributed by atoms with Gasteiger partial charge in [0.05, 0.1) is 5.57 Å². The van der Waals surface area contributed by atoms with Crippen LogP contribution in [0, 0.1) is 11.3 Å². The molecule has 0 radical (unpaired) electrons. The highest BCUT2D eigenvalue weighted by Crippen LogP contribution is 2.36. The SMILES string of the molecule is CC(C)CC(CCCCC[C@H](NC(=O)OC(C)(C)C)C(=O)O)=C1C(=O)CC(C)(C)CC1=O. The first-order valence-electron chi connectivity index (χ1n) is 11.6. The zero-order chi connectivity index (χ0) is 24.7. The zero-order valence-electron chi connectivity index (χ0n) is 20.8. The second kappa shape index (κ2) is 11.6. The van der Waals surface area contributed by atoms with Crippen LogP contribution in [-0.4, -0.2) is 40.4 Å². The van der Waals surface area contributed by atoms with Crippen molar-refractivity contribution >= 4 is 23.6 Å². The van der Waals surface area contributed by atoms with Gasteiger partial charge in [0.1, 0.15) is 11.6 Å². The molecule has 1 atom stereocenters. The Morgan fingerprint density at radius 2 is 1.62 bits per heavy atom. The van der Waals surface area contributed by atoms with Crippen molar-refractivity contribution < 1.29 is 29.0 Å². The minimum absolute atomic E-state index is 0.0469. The number of carboxylic acid groups (broad SMARTS) is 1. The normalized spacial score (nSPS) is 17.3. The van der Waals surface area contributed by atoms with E-state index in [1.165, 1.54) is 0 Å². The Morgan fingerprint density at radius 1 is 1.06 bits per heavy atom. The van der Waals surface area contributed by atoms with E-state index in [0.29, 0.717) is 43.6 Å². The summed E-state index contributed by atoms with van der Waals surface area (Å²) in [4.78, 5) is 48.7. The number of hydrogen-bond donors (Lipinski definition) is 2. The third-order valence-corrected chi connectivity index (χ3v) is 5.30. The number of amides is 1. The third kappa shape index (κ3) is 9.96. The van der Waals surface area contributed by atoms with Crippen LogP contribution in [0.15, 0.2) is 11.1 Å². The lowest BCUT2D eigenvalue weighted by Crippen LogP contribution is -2.43. The van der Waals surface area contributed by atoms with Crippen molar-refractivity contribution in [3.63, 3.8) is 0 Å². The van der Waals surface area contributed by atoms with E-state index in [1.807, 2.05) is 13.8 Å². The van der Waals surface area contributed by atoms with Gasteiger partial charge in [-0.05, 0) is 57.8 Å². The summed E-state index contributed by atoms with van der Waals surface area (Å²) in [5.41, 5.74) is 0.366. The fraction of sp³-hybridized carbons (Fsp3) is 0.760. The van der Waals surface area contributed by atoms with Crippen LogP contribution in [0.1, 0.15) is 99.8 Å². The lowest BCUT2D eigenvalue weighted by Gasteiger charge is -2.30. The molecule has 1 amide bonds. The summed E-state index contributed by atoms with van der Waals surface area (Å²) in [6, 6.07) is -1.01. The summed E-state index contributed by atoms with van der Waals surface area (Å²) in [7, 11) is 0. The second-order valence-corrected chi connectivity index (χ2v) is 11.1. The van der Waals surface area contributed by atoms with E-state index in [9.17, 15) is 24.3 Å². The monoisotopic (exact) mass is 451 g/mol. The van der Waals surface area contributed by atoms with E-state index >= 15 is 0 Å². The van der Waals surface area contributed by atoms with Gasteiger partial charge in [0.2, 0.25) is 0 Å². The molecule has 0 unspecified atom stereocenters. The molecule has 0 aromatic rings. The molecule has 1 aliphatic rings. The van der Waals surface area contributed by atoms with Crippen molar-refractivity contribution in [2.45, 2.75) is 111 Å². The quantitative estimate of drug-likeness (QED) is 0.268. The summed E-state index contributed by atoms with van der Waals surface area (Å²) < 4.78 is 5.13. The van der Waals surface area contributed by atoms with Crippen LogP contribution in [0.3, 0.4) is 0 Å². The molecule has 1 aliphatic carbocycles. The Balaban J connectivity index is 2.67. The topological polar surface area (TPSA) is 110 Å². The molecule has 0 heterocycles. The predicted molar refractivity (Wildman–Crippen MR) is 123 cm³/mol. The fourth-order valence-electron chi connectivity index (χ4n) is 4.05. The van der Waals surface area contributed by atoms with Gasteiger partial charge in [0.25, 0.3) is 0 Å². The Labute approximate surface area is 192 Å². The summed E-state index contributed by atoms with van der Waals surface area (Å²) in [6.07, 6.45) is 3.80. The van der Waals surface area contributed by atoms with E-state index in [4.69, 9.17) is 4.74 Å². The van der Waals surface area contributed by atoms with Gasteiger partial charge in [-0.3, -0.25) is 9.59 Å². The van der Waals surface area contributed by atoms with Gasteiger partial charge >= 0.3 is 12.1 Å². The molecule has 0 bridgehead atoms. The molecule has 2 N–H and O–H groups in total. The van der Waals surface area contributed by atoms with Crippen molar-refractivity contribution in [1.29, 1.82) is 0 Å². The minimum atomic E-state index is -1.10. The van der Waals surface area contributed by atoms with E-state index in [2.05, 4.69) is 19.2 Å². The Hall–Kier alpha value is -2.18. The number of ether oxygens (including phenoxy) is 1. The Bertz CT molecular complexity index is 720. The molecule has 182 valence electrons. The van der Waals surface area contributed by atoms with Gasteiger partial charge in [0.15, 0.2) is 11.6 Å². The first-order valence-corrected chi connectivity index (χ1v) is 11.6. The smallest absolute Gasteiger partial charge is 0.408 e. The van der Waals surface area contributed by atoms with Crippen LogP contribution in [0.2, 0.25) is 0 Å². The lowest BCUT2D eigenvalue weighted by atomic mass is 9.72. The van der Waals surface area contributed by atoms with Gasteiger partial charge in [0, 0.05) is 12.8 Å². The van der Waals surface area contributed by atoms with Gasteiger partial charge in [-0.2, -0.15) is 0 Å². The maximum absolute atomic E-state index is 12.7. The number of carboxylic acids is 1.